The summed E-state index contributed by atoms with van der Waals surface area (Å²) in [7, 11) is 0. The summed E-state index contributed by atoms with van der Waals surface area (Å²) >= 11 is 0. The first-order chi connectivity index (χ1) is 11.2. The monoisotopic (exact) mass is 317 g/mol. The van der Waals surface area contributed by atoms with Crippen LogP contribution in [0, 0.1) is 5.41 Å². The van der Waals surface area contributed by atoms with Gasteiger partial charge in [-0.05, 0) is 36.0 Å². The number of benzene rings is 1. The zero-order chi connectivity index (χ0) is 15.9. The van der Waals surface area contributed by atoms with Gasteiger partial charge in [0, 0.05) is 24.7 Å². The number of hydrogen-bond acceptors (Lipinski definition) is 4. The van der Waals surface area contributed by atoms with E-state index in [1.54, 1.807) is 0 Å². The second-order valence-electron chi connectivity index (χ2n) is 6.99. The van der Waals surface area contributed by atoms with Gasteiger partial charge in [0.1, 0.15) is 0 Å². The van der Waals surface area contributed by atoms with E-state index in [2.05, 4.69) is 17.4 Å². The van der Waals surface area contributed by atoms with E-state index >= 15 is 0 Å². The Morgan fingerprint density at radius 1 is 1.22 bits per heavy atom. The van der Waals surface area contributed by atoms with Gasteiger partial charge in [0.25, 0.3) is 0 Å². The molecule has 0 radical (unpaired) electrons. The molecule has 0 unspecified atom stereocenters. The highest BCUT2D eigenvalue weighted by Gasteiger charge is 2.55. The maximum absolute atomic E-state index is 12.4. The van der Waals surface area contributed by atoms with Gasteiger partial charge in [-0.2, -0.15) is 0 Å². The Morgan fingerprint density at radius 2 is 2.00 bits per heavy atom. The normalized spacial score (nSPS) is 28.2. The van der Waals surface area contributed by atoms with Crippen LogP contribution in [-0.2, 0) is 33.9 Å². The molecule has 2 fully saturated rings. The van der Waals surface area contributed by atoms with E-state index in [0.29, 0.717) is 39.3 Å². The van der Waals surface area contributed by atoms with Crippen LogP contribution in [0.1, 0.15) is 36.0 Å². The molecule has 1 aromatic rings. The molecule has 5 heteroatoms. The van der Waals surface area contributed by atoms with Gasteiger partial charge in [0.15, 0.2) is 0 Å². The highest BCUT2D eigenvalue weighted by Crippen LogP contribution is 2.48. The zero-order valence-electron chi connectivity index (χ0n) is 13.2. The van der Waals surface area contributed by atoms with Crippen molar-refractivity contribution in [1.82, 2.24) is 5.32 Å². The van der Waals surface area contributed by atoms with Crippen molar-refractivity contribution in [1.29, 1.82) is 0 Å². The number of carbonyl (C=O) groups is 1. The molecule has 124 valence electrons. The number of ether oxygens (including phenoxy) is 2. The van der Waals surface area contributed by atoms with Gasteiger partial charge in [0.05, 0.1) is 25.7 Å². The number of carbonyl (C=O) groups excluding carboxylic acids is 1. The van der Waals surface area contributed by atoms with Crippen molar-refractivity contribution in [3.63, 3.8) is 0 Å². The molecule has 0 bridgehead atoms. The van der Waals surface area contributed by atoms with E-state index < -0.39 is 0 Å². The van der Waals surface area contributed by atoms with Crippen LogP contribution in [0.25, 0.3) is 0 Å². The molecule has 2 heterocycles. The topological polar surface area (TPSA) is 67.8 Å². The lowest BCUT2D eigenvalue weighted by Crippen LogP contribution is -2.65. The molecule has 1 amide bonds. The Morgan fingerprint density at radius 3 is 2.78 bits per heavy atom. The molecule has 2 N–H and O–H groups in total. The Bertz CT molecular complexity index is 609. The highest BCUT2D eigenvalue weighted by molar-refractivity contribution is 5.79. The quantitative estimate of drug-likeness (QED) is 0.882. The minimum atomic E-state index is -0.311. The average molecular weight is 317 g/mol. The van der Waals surface area contributed by atoms with Crippen molar-refractivity contribution in [3.8, 4) is 0 Å². The Hall–Kier alpha value is -1.43. The molecule has 1 saturated heterocycles. The molecule has 3 aliphatic rings. The van der Waals surface area contributed by atoms with Gasteiger partial charge >= 0.3 is 0 Å². The van der Waals surface area contributed by atoms with Crippen LogP contribution >= 0.6 is 0 Å². The summed E-state index contributed by atoms with van der Waals surface area (Å²) in [5, 5.41) is 13.3. The number of aliphatic hydroxyl groups excluding tert-OH is 1. The predicted octanol–water partition coefficient (Wildman–Crippen LogP) is 1.31. The third-order valence-electron chi connectivity index (χ3n) is 5.73. The van der Waals surface area contributed by atoms with Gasteiger partial charge in [0.2, 0.25) is 5.91 Å². The molecule has 1 saturated carbocycles. The van der Waals surface area contributed by atoms with Crippen LogP contribution in [0.5, 0.6) is 0 Å². The molecule has 2 atom stereocenters. The summed E-state index contributed by atoms with van der Waals surface area (Å²) in [4.78, 5) is 12.4. The van der Waals surface area contributed by atoms with E-state index in [0.717, 1.165) is 18.4 Å². The first-order valence-electron chi connectivity index (χ1n) is 8.41. The summed E-state index contributed by atoms with van der Waals surface area (Å²) in [6, 6.07) is 6.21. The second-order valence-corrected chi connectivity index (χ2v) is 6.99. The summed E-state index contributed by atoms with van der Waals surface area (Å²) in [6.45, 7) is 2.66. The third kappa shape index (κ3) is 2.67. The predicted molar refractivity (Wildman–Crippen MR) is 83.7 cm³/mol. The van der Waals surface area contributed by atoms with E-state index in [9.17, 15) is 9.90 Å². The maximum atomic E-state index is 12.4. The summed E-state index contributed by atoms with van der Waals surface area (Å²) in [6.07, 6.45) is 2.38. The fourth-order valence-corrected chi connectivity index (χ4v) is 4.17. The van der Waals surface area contributed by atoms with Gasteiger partial charge in [-0.25, -0.2) is 0 Å². The minimum absolute atomic E-state index is 0.0339. The first kappa shape index (κ1) is 15.1. The average Bonchev–Trinajstić information content (AvgIpc) is 3.03. The van der Waals surface area contributed by atoms with E-state index in [-0.39, 0.29) is 23.5 Å². The van der Waals surface area contributed by atoms with Crippen molar-refractivity contribution in [2.24, 2.45) is 5.41 Å². The zero-order valence-corrected chi connectivity index (χ0v) is 13.2. The van der Waals surface area contributed by atoms with Gasteiger partial charge in [-0.1, -0.05) is 18.2 Å². The molecule has 23 heavy (non-hydrogen) atoms. The first-order valence-corrected chi connectivity index (χ1v) is 8.41. The highest BCUT2D eigenvalue weighted by atomic mass is 16.5. The van der Waals surface area contributed by atoms with E-state index in [1.165, 1.54) is 11.1 Å². The van der Waals surface area contributed by atoms with Crippen LogP contribution in [0.4, 0.5) is 0 Å². The lowest BCUT2D eigenvalue weighted by molar-refractivity contribution is -0.155. The molecular formula is C18H23NO4. The number of hydrogen-bond donors (Lipinski definition) is 2. The molecule has 1 aromatic carbocycles. The van der Waals surface area contributed by atoms with Crippen molar-refractivity contribution in [2.75, 3.05) is 13.2 Å². The van der Waals surface area contributed by atoms with Crippen molar-refractivity contribution >= 4 is 5.91 Å². The molecule has 0 aromatic heterocycles. The molecule has 1 spiro atoms. The second kappa shape index (κ2) is 5.89. The molecule has 1 aliphatic carbocycles. The summed E-state index contributed by atoms with van der Waals surface area (Å²) in [5.74, 6) is 0.0339. The Balaban J connectivity index is 1.38. The summed E-state index contributed by atoms with van der Waals surface area (Å²) < 4.78 is 10.8. The number of fused-ring (bicyclic) bond motifs is 1. The fourth-order valence-electron chi connectivity index (χ4n) is 4.17. The number of rotatable bonds is 3. The Labute approximate surface area is 136 Å². The third-order valence-corrected chi connectivity index (χ3v) is 5.73. The minimum Gasteiger partial charge on any atom is -0.392 e. The maximum Gasteiger partial charge on any atom is 0.224 e. The van der Waals surface area contributed by atoms with Crippen molar-refractivity contribution < 1.29 is 19.4 Å². The van der Waals surface area contributed by atoms with Gasteiger partial charge in [-0.3, -0.25) is 4.79 Å². The molecular weight excluding hydrogens is 294 g/mol. The SMILES string of the molecule is O=C(Cc1ccc2c(c1)COC2)N[C@@H]1C[C@@H](O)C12CCOCC2. The number of aliphatic hydroxyl groups is 1. The van der Waals surface area contributed by atoms with Crippen molar-refractivity contribution in [3.05, 3.63) is 34.9 Å². The lowest BCUT2D eigenvalue weighted by atomic mass is 9.58. The summed E-state index contributed by atoms with van der Waals surface area (Å²) in [5.41, 5.74) is 3.26. The van der Waals surface area contributed by atoms with Crippen LogP contribution in [0.15, 0.2) is 18.2 Å². The van der Waals surface area contributed by atoms with Crippen LogP contribution in [0.3, 0.4) is 0 Å². The lowest BCUT2D eigenvalue weighted by Gasteiger charge is -2.55. The van der Waals surface area contributed by atoms with Crippen LogP contribution in [0.2, 0.25) is 0 Å². The van der Waals surface area contributed by atoms with Crippen molar-refractivity contribution in [2.45, 2.75) is 51.0 Å². The number of nitrogens with one attached hydrogen (secondary N) is 1. The van der Waals surface area contributed by atoms with E-state index in [1.807, 2.05) is 6.07 Å². The molecule has 4 rings (SSSR count). The van der Waals surface area contributed by atoms with Crippen LogP contribution < -0.4 is 5.32 Å². The van der Waals surface area contributed by atoms with Gasteiger partial charge in [-0.15, -0.1) is 0 Å². The smallest absolute Gasteiger partial charge is 0.224 e. The van der Waals surface area contributed by atoms with Crippen LogP contribution in [-0.4, -0.2) is 36.4 Å². The fraction of sp³-hybridized carbons (Fsp3) is 0.611. The standard InChI is InChI=1S/C18H23NO4/c20-16-9-15(18(16)3-5-22-6-4-18)19-17(21)8-12-1-2-13-10-23-11-14(13)7-12/h1-2,7,15-16,20H,3-6,8-11H2,(H,19,21)/t15-,16-/m1/s1. The van der Waals surface area contributed by atoms with E-state index in [4.69, 9.17) is 9.47 Å². The molecule has 2 aliphatic heterocycles. The van der Waals surface area contributed by atoms with Gasteiger partial charge < -0.3 is 19.9 Å². The largest absolute Gasteiger partial charge is 0.392 e. The Kier molecular flexibility index (Phi) is 3.87. The molecule has 5 nitrogen and oxygen atoms in total. The number of amides is 1.